The minimum absolute atomic E-state index is 0.112. The minimum Gasteiger partial charge on any atom is -0.336 e. The summed E-state index contributed by atoms with van der Waals surface area (Å²) in [7, 11) is 5.86. The van der Waals surface area contributed by atoms with Gasteiger partial charge in [0, 0.05) is 13.6 Å². The first-order valence-corrected chi connectivity index (χ1v) is 7.99. The normalized spacial score (nSPS) is 13.6. The van der Waals surface area contributed by atoms with Gasteiger partial charge in [-0.2, -0.15) is 0 Å². The Morgan fingerprint density at radius 2 is 1.96 bits per heavy atom. The van der Waals surface area contributed by atoms with E-state index < -0.39 is 0 Å². The highest BCUT2D eigenvalue weighted by Crippen LogP contribution is 2.18. The number of aromatic nitrogens is 3. The third-order valence-electron chi connectivity index (χ3n) is 4.02. The average Bonchev–Trinajstić information content (AvgIpc) is 2.95. The number of carbonyl (C=O) groups excluding carboxylic acids is 1. The lowest BCUT2D eigenvalue weighted by Crippen LogP contribution is -2.41. The van der Waals surface area contributed by atoms with Gasteiger partial charge in [0.15, 0.2) is 5.82 Å². The van der Waals surface area contributed by atoms with Crippen LogP contribution in [0.15, 0.2) is 30.6 Å². The molecule has 0 saturated carbocycles. The number of benzene rings is 1. The maximum absolute atomic E-state index is 12.2. The largest absolute Gasteiger partial charge is 0.336 e. The third kappa shape index (κ3) is 4.55. The maximum atomic E-state index is 12.2. The van der Waals surface area contributed by atoms with Crippen molar-refractivity contribution in [2.45, 2.75) is 25.9 Å². The number of urea groups is 1. The summed E-state index contributed by atoms with van der Waals surface area (Å²) in [6.45, 7) is 4.47. The molecule has 0 aliphatic carbocycles. The van der Waals surface area contributed by atoms with E-state index in [1.807, 2.05) is 28.1 Å². The Kier molecular flexibility index (Phi) is 5.92. The maximum Gasteiger partial charge on any atom is 0.315 e. The summed E-state index contributed by atoms with van der Waals surface area (Å²) in [4.78, 5) is 14.3. The van der Waals surface area contributed by atoms with Crippen molar-refractivity contribution < 1.29 is 4.79 Å². The third-order valence-corrected chi connectivity index (χ3v) is 4.02. The SMILES string of the molecule is Cc1ccc([C@H](CNC(=O)N[C@@H](C)c2nncn2C)N(C)C)cc1. The number of likely N-dealkylation sites (N-methyl/N-ethyl adjacent to an activating group) is 1. The Balaban J connectivity index is 1.93. The molecule has 1 aromatic carbocycles. The van der Waals surface area contributed by atoms with E-state index in [-0.39, 0.29) is 18.1 Å². The fourth-order valence-electron chi connectivity index (χ4n) is 2.57. The molecule has 24 heavy (non-hydrogen) atoms. The zero-order chi connectivity index (χ0) is 17.7. The van der Waals surface area contributed by atoms with Gasteiger partial charge in [-0.15, -0.1) is 10.2 Å². The number of aryl methyl sites for hydroxylation is 2. The molecule has 1 aromatic heterocycles. The lowest BCUT2D eigenvalue weighted by atomic mass is 10.0. The van der Waals surface area contributed by atoms with Crippen LogP contribution in [0, 0.1) is 6.92 Å². The molecule has 0 saturated heterocycles. The lowest BCUT2D eigenvalue weighted by molar-refractivity contribution is 0.229. The van der Waals surface area contributed by atoms with E-state index in [1.165, 1.54) is 11.1 Å². The monoisotopic (exact) mass is 330 g/mol. The standard InChI is InChI=1S/C17H26N6O/c1-12-6-8-14(9-7-12)15(22(3)4)10-18-17(24)20-13(2)16-21-19-11-23(16)5/h6-9,11,13,15H,10H2,1-5H3,(H2,18,20,24)/t13-,15-/m0/s1. The first-order chi connectivity index (χ1) is 11.4. The molecule has 0 aliphatic rings. The molecule has 0 aliphatic heterocycles. The van der Waals surface area contributed by atoms with E-state index in [1.54, 1.807) is 10.9 Å². The Morgan fingerprint density at radius 3 is 2.50 bits per heavy atom. The van der Waals surface area contributed by atoms with Crippen LogP contribution in [0.3, 0.4) is 0 Å². The van der Waals surface area contributed by atoms with Crippen LogP contribution in [-0.2, 0) is 7.05 Å². The summed E-state index contributed by atoms with van der Waals surface area (Å²) in [5.74, 6) is 0.716. The summed E-state index contributed by atoms with van der Waals surface area (Å²) < 4.78 is 1.79. The van der Waals surface area contributed by atoms with E-state index >= 15 is 0 Å². The zero-order valence-corrected chi connectivity index (χ0v) is 14.9. The molecular formula is C17H26N6O. The number of rotatable bonds is 6. The molecular weight excluding hydrogens is 304 g/mol. The van der Waals surface area contributed by atoms with Gasteiger partial charge < -0.3 is 20.1 Å². The predicted octanol–water partition coefficient (Wildman–Crippen LogP) is 1.79. The molecule has 7 nitrogen and oxygen atoms in total. The Hall–Kier alpha value is -2.41. The van der Waals surface area contributed by atoms with Gasteiger partial charge in [0.1, 0.15) is 6.33 Å². The molecule has 2 atom stereocenters. The second-order valence-electron chi connectivity index (χ2n) is 6.27. The molecule has 1 heterocycles. The van der Waals surface area contributed by atoms with Crippen molar-refractivity contribution in [2.24, 2.45) is 7.05 Å². The number of nitrogens with zero attached hydrogens (tertiary/aromatic N) is 4. The van der Waals surface area contributed by atoms with Crippen molar-refractivity contribution in [3.8, 4) is 0 Å². The molecule has 2 rings (SSSR count). The number of hydrogen-bond donors (Lipinski definition) is 2. The van der Waals surface area contributed by atoms with Crippen LogP contribution in [-0.4, -0.2) is 46.3 Å². The average molecular weight is 330 g/mol. The second-order valence-corrected chi connectivity index (χ2v) is 6.27. The molecule has 0 unspecified atom stereocenters. The minimum atomic E-state index is -0.218. The van der Waals surface area contributed by atoms with Crippen molar-refractivity contribution in [1.82, 2.24) is 30.3 Å². The molecule has 2 aromatic rings. The molecule has 0 spiro atoms. The van der Waals surface area contributed by atoms with Crippen molar-refractivity contribution in [2.75, 3.05) is 20.6 Å². The van der Waals surface area contributed by atoms with Crippen LogP contribution < -0.4 is 10.6 Å². The first-order valence-electron chi connectivity index (χ1n) is 7.99. The summed E-state index contributed by atoms with van der Waals surface area (Å²) in [5.41, 5.74) is 2.40. The highest BCUT2D eigenvalue weighted by atomic mass is 16.2. The first kappa shape index (κ1) is 17.9. The van der Waals surface area contributed by atoms with E-state index in [0.717, 1.165) is 0 Å². The van der Waals surface area contributed by atoms with Gasteiger partial charge in [-0.1, -0.05) is 29.8 Å². The van der Waals surface area contributed by atoms with E-state index in [0.29, 0.717) is 12.4 Å². The number of carbonyl (C=O) groups is 1. The van der Waals surface area contributed by atoms with E-state index in [9.17, 15) is 4.79 Å². The smallest absolute Gasteiger partial charge is 0.315 e. The van der Waals surface area contributed by atoms with Crippen molar-refractivity contribution in [1.29, 1.82) is 0 Å². The highest BCUT2D eigenvalue weighted by Gasteiger charge is 2.17. The van der Waals surface area contributed by atoms with Crippen LogP contribution in [0.25, 0.3) is 0 Å². The second kappa shape index (κ2) is 7.92. The molecule has 7 heteroatoms. The summed E-state index contributed by atoms with van der Waals surface area (Å²) in [6.07, 6.45) is 1.62. The number of nitrogens with one attached hydrogen (secondary N) is 2. The molecule has 2 amide bonds. The summed E-state index contributed by atoms with van der Waals surface area (Å²) >= 11 is 0. The van der Waals surface area contributed by atoms with Gasteiger partial charge in [0.05, 0.1) is 12.1 Å². The Labute approximate surface area is 143 Å². The summed E-state index contributed by atoms with van der Waals surface area (Å²) in [5, 5.41) is 13.7. The van der Waals surface area contributed by atoms with Crippen molar-refractivity contribution in [3.63, 3.8) is 0 Å². The van der Waals surface area contributed by atoms with Crippen LogP contribution >= 0.6 is 0 Å². The zero-order valence-electron chi connectivity index (χ0n) is 14.9. The van der Waals surface area contributed by atoms with Crippen LogP contribution in [0.5, 0.6) is 0 Å². The van der Waals surface area contributed by atoms with Gasteiger partial charge >= 0.3 is 6.03 Å². The van der Waals surface area contributed by atoms with Gasteiger partial charge in [-0.25, -0.2) is 4.79 Å². The lowest BCUT2D eigenvalue weighted by Gasteiger charge is -2.25. The van der Waals surface area contributed by atoms with Gasteiger partial charge in [0.25, 0.3) is 0 Å². The van der Waals surface area contributed by atoms with E-state index in [2.05, 4.69) is 56.9 Å². The van der Waals surface area contributed by atoms with Crippen molar-refractivity contribution >= 4 is 6.03 Å². The van der Waals surface area contributed by atoms with Gasteiger partial charge in [0.2, 0.25) is 0 Å². The topological polar surface area (TPSA) is 75.1 Å². The molecule has 2 N–H and O–H groups in total. The quantitative estimate of drug-likeness (QED) is 0.847. The van der Waals surface area contributed by atoms with Crippen LogP contribution in [0.4, 0.5) is 4.79 Å². The molecule has 0 bridgehead atoms. The van der Waals surface area contributed by atoms with Crippen molar-refractivity contribution in [3.05, 3.63) is 47.5 Å². The summed E-state index contributed by atoms with van der Waals surface area (Å²) in [6, 6.07) is 8.05. The highest BCUT2D eigenvalue weighted by molar-refractivity contribution is 5.74. The van der Waals surface area contributed by atoms with Gasteiger partial charge in [-0.3, -0.25) is 0 Å². The molecule has 0 radical (unpaired) electrons. The van der Waals surface area contributed by atoms with Crippen LogP contribution in [0.1, 0.15) is 36.0 Å². The predicted molar refractivity (Wildman–Crippen MR) is 93.6 cm³/mol. The van der Waals surface area contributed by atoms with Gasteiger partial charge in [-0.05, 0) is 33.5 Å². The Morgan fingerprint density at radius 1 is 1.29 bits per heavy atom. The Bertz CT molecular complexity index is 664. The fraction of sp³-hybridized carbons (Fsp3) is 0.471. The molecule has 130 valence electrons. The van der Waals surface area contributed by atoms with Crippen LogP contribution in [0.2, 0.25) is 0 Å². The molecule has 0 fully saturated rings. The fourth-order valence-corrected chi connectivity index (χ4v) is 2.57. The number of hydrogen-bond acceptors (Lipinski definition) is 4. The van der Waals surface area contributed by atoms with E-state index in [4.69, 9.17) is 0 Å². The number of amides is 2.